The van der Waals surface area contributed by atoms with E-state index in [0.717, 1.165) is 18.1 Å². The lowest BCUT2D eigenvalue weighted by molar-refractivity contribution is -0.204. The molecule has 1 aliphatic heterocycles. The zero-order valence-electron chi connectivity index (χ0n) is 16.6. The van der Waals surface area contributed by atoms with Crippen LogP contribution in [0.2, 0.25) is 0 Å². The molecule has 5 heteroatoms. The molecule has 29 heavy (non-hydrogen) atoms. The zero-order chi connectivity index (χ0) is 20.9. The normalized spacial score (nSPS) is 19.8. The molecule has 154 valence electrons. The molecular formula is C24H27F2NO2. The number of fused-ring (bicyclic) bond motifs is 1. The number of hydrogen-bond acceptors (Lipinski definition) is 3. The third-order valence-corrected chi connectivity index (χ3v) is 5.21. The van der Waals surface area contributed by atoms with Crippen molar-refractivity contribution in [1.82, 2.24) is 0 Å². The molecule has 0 spiro atoms. The number of unbranched alkanes of at least 4 members (excludes halogenated alkanes) is 1. The van der Waals surface area contributed by atoms with Crippen LogP contribution in [0, 0.1) is 0 Å². The minimum absolute atomic E-state index is 0.0786. The molecule has 0 bridgehead atoms. The van der Waals surface area contributed by atoms with Gasteiger partial charge in [-0.15, -0.1) is 6.58 Å². The smallest absolute Gasteiger partial charge is 0.334 e. The van der Waals surface area contributed by atoms with Crippen LogP contribution in [0.25, 0.3) is 6.08 Å². The molecule has 0 radical (unpaired) electrons. The van der Waals surface area contributed by atoms with Crippen molar-refractivity contribution in [2.45, 2.75) is 43.9 Å². The Morgan fingerprint density at radius 2 is 1.86 bits per heavy atom. The Bertz CT molecular complexity index is 853. The molecule has 2 atom stereocenters. The van der Waals surface area contributed by atoms with Crippen molar-refractivity contribution in [1.29, 1.82) is 0 Å². The first-order valence-corrected chi connectivity index (χ1v) is 9.92. The van der Waals surface area contributed by atoms with Crippen LogP contribution in [-0.2, 0) is 0 Å². The first-order valence-electron chi connectivity index (χ1n) is 9.92. The lowest BCUT2D eigenvalue weighted by Crippen LogP contribution is -2.66. The quantitative estimate of drug-likeness (QED) is 0.552. The number of hydrogen-bond donors (Lipinski definition) is 1. The maximum Gasteiger partial charge on any atom is 0.334 e. The number of alkyl halides is 2. The van der Waals surface area contributed by atoms with E-state index >= 15 is 8.78 Å². The maximum atomic E-state index is 15.8. The molecular weight excluding hydrogens is 372 g/mol. The topological polar surface area (TPSA) is 32.7 Å². The summed E-state index contributed by atoms with van der Waals surface area (Å²) in [5.74, 6) is -3.17. The molecule has 0 saturated carbocycles. The highest BCUT2D eigenvalue weighted by Gasteiger charge is 2.65. The predicted octanol–water partition coefficient (Wildman–Crippen LogP) is 5.67. The summed E-state index contributed by atoms with van der Waals surface area (Å²) in [4.78, 5) is 1.53. The summed E-state index contributed by atoms with van der Waals surface area (Å²) in [6.45, 7) is 5.86. The van der Waals surface area contributed by atoms with Gasteiger partial charge in [-0.3, -0.25) is 0 Å². The largest absolute Gasteiger partial charge is 0.459 e. The van der Waals surface area contributed by atoms with Crippen molar-refractivity contribution in [3.05, 3.63) is 78.9 Å². The summed E-state index contributed by atoms with van der Waals surface area (Å²) < 4.78 is 37.6. The summed E-state index contributed by atoms with van der Waals surface area (Å²) in [5, 5.41) is 10.6. The number of nitrogens with zero attached hydrogens (tertiary/aromatic N) is 1. The fourth-order valence-corrected chi connectivity index (χ4v) is 3.71. The van der Waals surface area contributed by atoms with Gasteiger partial charge < -0.3 is 14.7 Å². The van der Waals surface area contributed by atoms with E-state index in [1.165, 1.54) is 11.0 Å². The van der Waals surface area contributed by atoms with Crippen molar-refractivity contribution < 1.29 is 18.6 Å². The van der Waals surface area contributed by atoms with Gasteiger partial charge in [0.15, 0.2) is 0 Å². The van der Waals surface area contributed by atoms with Crippen LogP contribution in [0.1, 0.15) is 31.7 Å². The fourth-order valence-electron chi connectivity index (χ4n) is 3.71. The second-order valence-electron chi connectivity index (χ2n) is 7.19. The van der Waals surface area contributed by atoms with E-state index in [9.17, 15) is 5.11 Å². The van der Waals surface area contributed by atoms with E-state index in [2.05, 4.69) is 6.58 Å². The minimum atomic E-state index is -3.56. The number of halogens is 2. The Balaban J connectivity index is 2.00. The molecule has 2 aromatic carbocycles. The summed E-state index contributed by atoms with van der Waals surface area (Å²) >= 11 is 0. The van der Waals surface area contributed by atoms with Gasteiger partial charge in [0.1, 0.15) is 11.9 Å². The molecule has 0 fully saturated rings. The highest BCUT2D eigenvalue weighted by atomic mass is 19.3. The van der Waals surface area contributed by atoms with Gasteiger partial charge in [-0.25, -0.2) is 0 Å². The van der Waals surface area contributed by atoms with E-state index in [0.29, 0.717) is 17.9 Å². The first kappa shape index (κ1) is 21.1. The standard InChI is InChI=1S/C24H27F2NO2/c1-3-5-17-23(27(18-4-2)20-13-9-10-14-21(20)29-23)24(25,26)22(28)16-15-19-11-7-6-8-12-19/h4,6-16,22,28H,2-3,5,17-18H2,1H3. The number of aliphatic hydroxyl groups excluding tert-OH is 1. The number of rotatable bonds is 9. The number of aliphatic hydroxyl groups is 1. The lowest BCUT2D eigenvalue weighted by atomic mass is 9.92. The second-order valence-corrected chi connectivity index (χ2v) is 7.19. The van der Waals surface area contributed by atoms with Crippen LogP contribution in [0.3, 0.4) is 0 Å². The first-order chi connectivity index (χ1) is 14.0. The van der Waals surface area contributed by atoms with E-state index in [-0.39, 0.29) is 13.0 Å². The van der Waals surface area contributed by atoms with E-state index in [1.807, 2.05) is 25.1 Å². The van der Waals surface area contributed by atoms with Gasteiger partial charge in [0.2, 0.25) is 5.72 Å². The number of para-hydroxylation sites is 2. The number of benzene rings is 2. The molecule has 2 aromatic rings. The highest BCUT2D eigenvalue weighted by Crippen LogP contribution is 2.52. The van der Waals surface area contributed by atoms with Crippen LogP contribution in [-0.4, -0.2) is 29.4 Å². The van der Waals surface area contributed by atoms with Crippen molar-refractivity contribution in [3.8, 4) is 5.75 Å². The summed E-state index contributed by atoms with van der Waals surface area (Å²) in [7, 11) is 0. The molecule has 3 nitrogen and oxygen atoms in total. The number of anilines is 1. The molecule has 1 heterocycles. The Labute approximate surface area is 170 Å². The lowest BCUT2D eigenvalue weighted by Gasteiger charge is -2.44. The Kier molecular flexibility index (Phi) is 6.38. The van der Waals surface area contributed by atoms with Crippen molar-refractivity contribution >= 4 is 11.8 Å². The molecule has 1 N–H and O–H groups in total. The average molecular weight is 399 g/mol. The van der Waals surface area contributed by atoms with Crippen LogP contribution in [0.15, 0.2) is 73.3 Å². The van der Waals surface area contributed by atoms with Gasteiger partial charge in [-0.2, -0.15) is 8.78 Å². The summed E-state index contributed by atoms with van der Waals surface area (Å²) in [5.41, 5.74) is -0.660. The monoisotopic (exact) mass is 399 g/mol. The van der Waals surface area contributed by atoms with Crippen LogP contribution in [0.5, 0.6) is 5.75 Å². The van der Waals surface area contributed by atoms with Gasteiger partial charge in [-0.1, -0.05) is 68.0 Å². The van der Waals surface area contributed by atoms with Crippen molar-refractivity contribution in [2.75, 3.05) is 11.4 Å². The third kappa shape index (κ3) is 3.92. The van der Waals surface area contributed by atoms with E-state index in [4.69, 9.17) is 4.74 Å². The molecule has 0 aliphatic carbocycles. The van der Waals surface area contributed by atoms with Gasteiger partial charge in [0, 0.05) is 13.0 Å². The van der Waals surface area contributed by atoms with Gasteiger partial charge in [0.25, 0.3) is 0 Å². The molecule has 0 amide bonds. The van der Waals surface area contributed by atoms with Crippen molar-refractivity contribution in [2.24, 2.45) is 0 Å². The SMILES string of the molecule is C=CCN1c2ccccc2OC1(CCCC)C(F)(F)C(O)C=Cc1ccccc1. The molecule has 2 unspecified atom stereocenters. The molecule has 0 aromatic heterocycles. The predicted molar refractivity (Wildman–Crippen MR) is 113 cm³/mol. The van der Waals surface area contributed by atoms with Gasteiger partial charge >= 0.3 is 5.92 Å². The maximum absolute atomic E-state index is 15.8. The fraction of sp³-hybridized carbons (Fsp3) is 0.333. The van der Waals surface area contributed by atoms with Crippen LogP contribution in [0.4, 0.5) is 14.5 Å². The summed E-state index contributed by atoms with van der Waals surface area (Å²) in [6.07, 6.45) is 3.56. The second kappa shape index (κ2) is 8.78. The molecule has 3 rings (SSSR count). The Hall–Kier alpha value is -2.66. The van der Waals surface area contributed by atoms with E-state index in [1.54, 1.807) is 42.5 Å². The molecule has 0 saturated heterocycles. The van der Waals surface area contributed by atoms with Gasteiger partial charge in [0.05, 0.1) is 5.69 Å². The van der Waals surface area contributed by atoms with Crippen LogP contribution < -0.4 is 9.64 Å². The zero-order valence-corrected chi connectivity index (χ0v) is 16.6. The molecule has 1 aliphatic rings. The Morgan fingerprint density at radius 1 is 1.17 bits per heavy atom. The summed E-state index contributed by atoms with van der Waals surface area (Å²) in [6, 6.07) is 16.0. The average Bonchev–Trinajstić information content (AvgIpc) is 3.06. The van der Waals surface area contributed by atoms with Crippen molar-refractivity contribution in [3.63, 3.8) is 0 Å². The van der Waals surface area contributed by atoms with Gasteiger partial charge in [-0.05, 0) is 30.2 Å². The Morgan fingerprint density at radius 3 is 2.55 bits per heavy atom. The van der Waals surface area contributed by atoms with E-state index < -0.39 is 17.8 Å². The minimum Gasteiger partial charge on any atom is -0.459 e. The third-order valence-electron chi connectivity index (χ3n) is 5.21. The number of ether oxygens (including phenoxy) is 1. The van der Waals surface area contributed by atoms with Crippen LogP contribution >= 0.6 is 0 Å². The highest BCUT2D eigenvalue weighted by molar-refractivity contribution is 5.65.